The van der Waals surface area contributed by atoms with Gasteiger partial charge in [-0.1, -0.05) is 6.07 Å². The van der Waals surface area contributed by atoms with Gasteiger partial charge < -0.3 is 5.32 Å². The number of nitrogens with zero attached hydrogens (tertiary/aromatic N) is 1. The molecule has 0 amide bonds. The Bertz CT molecular complexity index is 564. The van der Waals surface area contributed by atoms with E-state index in [-0.39, 0.29) is 6.04 Å². The molecule has 0 bridgehead atoms. The number of sulfonamides is 1. The fourth-order valence-electron chi connectivity index (χ4n) is 1.93. The van der Waals surface area contributed by atoms with Crippen molar-refractivity contribution in [2.24, 2.45) is 0 Å². The molecule has 0 fully saturated rings. The van der Waals surface area contributed by atoms with Crippen molar-refractivity contribution in [1.29, 1.82) is 0 Å². The highest BCUT2D eigenvalue weighted by Gasteiger charge is 2.27. The number of hydrogen-bond donors (Lipinski definition) is 1. The summed E-state index contributed by atoms with van der Waals surface area (Å²) in [7, 11) is 0.0338. The highest BCUT2D eigenvalue weighted by Crippen LogP contribution is 2.27. The van der Waals surface area contributed by atoms with Gasteiger partial charge in [0, 0.05) is 24.1 Å². The number of rotatable bonds is 8. The molecule has 0 heterocycles. The van der Waals surface area contributed by atoms with Gasteiger partial charge in [0.1, 0.15) is 0 Å². The maximum Gasteiger partial charge on any atom is 0.244 e. The van der Waals surface area contributed by atoms with Crippen molar-refractivity contribution in [1.82, 2.24) is 9.62 Å². The second-order valence-corrected chi connectivity index (χ2v) is 8.75. The minimum atomic E-state index is -3.47. The van der Waals surface area contributed by atoms with E-state index in [9.17, 15) is 8.42 Å². The molecule has 0 spiro atoms. The minimum absolute atomic E-state index is 0.0219. The van der Waals surface area contributed by atoms with Gasteiger partial charge in [-0.15, -0.1) is 0 Å². The molecular formula is C14H23BrN2O2S2. The van der Waals surface area contributed by atoms with Crippen LogP contribution in [0.15, 0.2) is 27.6 Å². The first-order valence-electron chi connectivity index (χ1n) is 6.74. The van der Waals surface area contributed by atoms with Gasteiger partial charge >= 0.3 is 0 Å². The number of benzene rings is 1. The molecule has 4 nitrogen and oxygen atoms in total. The van der Waals surface area contributed by atoms with Crippen molar-refractivity contribution < 1.29 is 8.42 Å². The van der Waals surface area contributed by atoms with Gasteiger partial charge in [0.05, 0.1) is 4.90 Å². The fraction of sp³-hybridized carbons (Fsp3) is 0.571. The average Bonchev–Trinajstić information content (AvgIpc) is 2.44. The molecule has 1 N–H and O–H groups in total. The molecule has 1 atom stereocenters. The van der Waals surface area contributed by atoms with Gasteiger partial charge in [0.2, 0.25) is 10.0 Å². The first-order valence-corrected chi connectivity index (χ1v) is 10.4. The summed E-state index contributed by atoms with van der Waals surface area (Å²) in [5.74, 6) is 0.948. The van der Waals surface area contributed by atoms with E-state index in [1.54, 1.807) is 24.9 Å². The van der Waals surface area contributed by atoms with Crippen molar-refractivity contribution >= 4 is 37.7 Å². The summed E-state index contributed by atoms with van der Waals surface area (Å²) in [5.41, 5.74) is 1.04. The molecule has 21 heavy (non-hydrogen) atoms. The summed E-state index contributed by atoms with van der Waals surface area (Å²) in [5, 5.41) is 3.05. The lowest BCUT2D eigenvalue weighted by Crippen LogP contribution is -2.35. The molecule has 0 aromatic heterocycles. The van der Waals surface area contributed by atoms with Gasteiger partial charge in [-0.05, 0) is 66.0 Å². The first-order chi connectivity index (χ1) is 9.84. The second kappa shape index (κ2) is 8.53. The van der Waals surface area contributed by atoms with E-state index in [1.807, 2.05) is 32.4 Å². The van der Waals surface area contributed by atoms with E-state index >= 15 is 0 Å². The molecule has 0 saturated carbocycles. The van der Waals surface area contributed by atoms with Crippen LogP contribution in [0.1, 0.15) is 18.9 Å². The Balaban J connectivity index is 3.01. The highest BCUT2D eigenvalue weighted by molar-refractivity contribution is 9.10. The molecule has 7 heteroatoms. The molecule has 0 radical (unpaired) electrons. The number of thioether (sulfide) groups is 1. The summed E-state index contributed by atoms with van der Waals surface area (Å²) < 4.78 is 27.5. The van der Waals surface area contributed by atoms with Crippen LogP contribution < -0.4 is 5.32 Å². The summed E-state index contributed by atoms with van der Waals surface area (Å²) in [6, 6.07) is 5.34. The normalized spacial score (nSPS) is 13.6. The third-order valence-electron chi connectivity index (χ3n) is 3.39. The van der Waals surface area contributed by atoms with Crippen LogP contribution in [-0.2, 0) is 16.6 Å². The van der Waals surface area contributed by atoms with Crippen LogP contribution in [0.3, 0.4) is 0 Å². The zero-order chi connectivity index (χ0) is 16.0. The molecular weight excluding hydrogens is 372 g/mol. The second-order valence-electron chi connectivity index (χ2n) is 4.95. The lowest BCUT2D eigenvalue weighted by Gasteiger charge is -2.24. The summed E-state index contributed by atoms with van der Waals surface area (Å²) in [6.07, 6.45) is 2.87. The number of halogens is 1. The standard InChI is InChI=1S/C14H23BrN2O2S2/c1-11(7-8-20-4)17(3)21(18,19)14-6-5-12(10-16-2)9-13(14)15/h5-6,9,11,16H,7-8,10H2,1-4H3. The quantitative estimate of drug-likeness (QED) is 0.736. The Hall–Kier alpha value is -0.0800. The smallest absolute Gasteiger partial charge is 0.244 e. The molecule has 0 aliphatic heterocycles. The minimum Gasteiger partial charge on any atom is -0.316 e. The molecule has 1 aromatic rings. The van der Waals surface area contributed by atoms with E-state index < -0.39 is 10.0 Å². The average molecular weight is 395 g/mol. The lowest BCUT2D eigenvalue weighted by atomic mass is 10.2. The van der Waals surface area contributed by atoms with Crippen LogP contribution >= 0.6 is 27.7 Å². The lowest BCUT2D eigenvalue weighted by molar-refractivity contribution is 0.382. The van der Waals surface area contributed by atoms with Crippen LogP contribution in [0.4, 0.5) is 0 Å². The van der Waals surface area contributed by atoms with E-state index in [2.05, 4.69) is 21.2 Å². The third kappa shape index (κ3) is 4.96. The Kier molecular flexibility index (Phi) is 7.70. The fourth-order valence-corrected chi connectivity index (χ4v) is 4.98. The van der Waals surface area contributed by atoms with Crippen molar-refractivity contribution in [3.63, 3.8) is 0 Å². The Morgan fingerprint density at radius 3 is 2.62 bits per heavy atom. The van der Waals surface area contributed by atoms with E-state index in [1.165, 1.54) is 4.31 Å². The first kappa shape index (κ1) is 19.0. The van der Waals surface area contributed by atoms with E-state index in [4.69, 9.17) is 0 Å². The number of hydrogen-bond acceptors (Lipinski definition) is 4. The maximum atomic E-state index is 12.7. The Morgan fingerprint density at radius 2 is 2.10 bits per heavy atom. The predicted molar refractivity (Wildman–Crippen MR) is 94.3 cm³/mol. The maximum absolute atomic E-state index is 12.7. The highest BCUT2D eigenvalue weighted by atomic mass is 79.9. The van der Waals surface area contributed by atoms with Crippen LogP contribution in [0.2, 0.25) is 0 Å². The zero-order valence-corrected chi connectivity index (χ0v) is 16.1. The van der Waals surface area contributed by atoms with Crippen molar-refractivity contribution in [2.75, 3.05) is 26.1 Å². The summed E-state index contributed by atoms with van der Waals surface area (Å²) >= 11 is 5.11. The Morgan fingerprint density at radius 1 is 1.43 bits per heavy atom. The van der Waals surface area contributed by atoms with Crippen LogP contribution in [0.5, 0.6) is 0 Å². The molecule has 1 aromatic carbocycles. The zero-order valence-electron chi connectivity index (χ0n) is 12.9. The largest absolute Gasteiger partial charge is 0.316 e. The van der Waals surface area contributed by atoms with Crippen molar-refractivity contribution in [3.8, 4) is 0 Å². The van der Waals surface area contributed by atoms with Gasteiger partial charge in [0.15, 0.2) is 0 Å². The monoisotopic (exact) mass is 394 g/mol. The molecule has 1 unspecified atom stereocenters. The topological polar surface area (TPSA) is 49.4 Å². The van der Waals surface area contributed by atoms with Crippen LogP contribution in [0, 0.1) is 0 Å². The van der Waals surface area contributed by atoms with Crippen LogP contribution in [-0.4, -0.2) is 44.9 Å². The van der Waals surface area contributed by atoms with Gasteiger partial charge in [-0.3, -0.25) is 0 Å². The molecule has 0 aliphatic carbocycles. The SMILES string of the molecule is CNCc1ccc(S(=O)(=O)N(C)C(C)CCSC)c(Br)c1. The van der Waals surface area contributed by atoms with Crippen molar-refractivity contribution in [2.45, 2.75) is 30.8 Å². The van der Waals surface area contributed by atoms with E-state index in [0.29, 0.717) is 15.9 Å². The van der Waals surface area contributed by atoms with Gasteiger partial charge in [0.25, 0.3) is 0 Å². The number of nitrogens with one attached hydrogen (secondary N) is 1. The Labute approximate surface area is 140 Å². The van der Waals surface area contributed by atoms with E-state index in [0.717, 1.165) is 17.7 Å². The third-order valence-corrected chi connectivity index (χ3v) is 6.99. The van der Waals surface area contributed by atoms with Crippen LogP contribution in [0.25, 0.3) is 0 Å². The molecule has 1 rings (SSSR count). The van der Waals surface area contributed by atoms with Crippen molar-refractivity contribution in [3.05, 3.63) is 28.2 Å². The molecule has 0 aliphatic rings. The van der Waals surface area contributed by atoms with Gasteiger partial charge in [-0.2, -0.15) is 16.1 Å². The van der Waals surface area contributed by atoms with Gasteiger partial charge in [-0.25, -0.2) is 8.42 Å². The summed E-state index contributed by atoms with van der Waals surface area (Å²) in [4.78, 5) is 0.320. The molecule has 120 valence electrons. The molecule has 0 saturated heterocycles. The summed E-state index contributed by atoms with van der Waals surface area (Å²) in [6.45, 7) is 2.65. The predicted octanol–water partition coefficient (Wildman–Crippen LogP) is 2.93.